The van der Waals surface area contributed by atoms with Gasteiger partial charge in [-0.05, 0) is 25.0 Å². The number of halogens is 2. The molecule has 0 N–H and O–H groups in total. The Kier molecular flexibility index (Phi) is 5.04. The number of aromatic nitrogens is 2. The Morgan fingerprint density at radius 1 is 1.16 bits per heavy atom. The number of hydrogen-bond acceptors (Lipinski definition) is 7. The van der Waals surface area contributed by atoms with Gasteiger partial charge >= 0.3 is 6.09 Å². The molecule has 2 aromatic rings. The first-order valence-electron chi connectivity index (χ1n) is 9.49. The van der Waals surface area contributed by atoms with E-state index in [0.717, 1.165) is 5.57 Å². The minimum Gasteiger partial charge on any atom is -0.418 e. The molecule has 2 aliphatic heterocycles. The second kappa shape index (κ2) is 7.63. The monoisotopic (exact) mass is 482 g/mol. The van der Waals surface area contributed by atoms with Gasteiger partial charge in [-0.2, -0.15) is 4.31 Å². The molecule has 0 radical (unpaired) electrons. The van der Waals surface area contributed by atoms with Crippen LogP contribution in [-0.2, 0) is 14.8 Å². The number of hydrogen-bond donors (Lipinski definition) is 0. The van der Waals surface area contributed by atoms with Crippen LogP contribution in [0.25, 0.3) is 11.0 Å². The Balaban J connectivity index is 1.36. The molecule has 12 heteroatoms. The molecule has 5 rings (SSSR count). The number of allylic oxidation sites excluding steroid dienone is 2. The van der Waals surface area contributed by atoms with Crippen LogP contribution >= 0.6 is 23.2 Å². The van der Waals surface area contributed by atoms with Gasteiger partial charge in [-0.25, -0.2) is 18.2 Å². The molecule has 1 unspecified atom stereocenters. The van der Waals surface area contributed by atoms with Gasteiger partial charge in [-0.1, -0.05) is 34.4 Å². The van der Waals surface area contributed by atoms with E-state index in [2.05, 4.69) is 10.1 Å². The minimum absolute atomic E-state index is 0.149. The van der Waals surface area contributed by atoms with Crippen molar-refractivity contribution in [3.05, 3.63) is 52.5 Å². The maximum Gasteiger partial charge on any atom is 0.415 e. The molecular weight excluding hydrogens is 467 g/mol. The highest BCUT2D eigenvalue weighted by atomic mass is 35.5. The maximum absolute atomic E-state index is 13.2. The number of sulfonamides is 1. The van der Waals surface area contributed by atoms with Crippen LogP contribution in [0.15, 0.2) is 57.0 Å². The lowest BCUT2D eigenvalue weighted by atomic mass is 9.96. The van der Waals surface area contributed by atoms with Crippen LogP contribution in [0.1, 0.15) is 12.8 Å². The number of cyclic esters (lactones) is 1. The number of carbonyl (C=O) groups is 1. The van der Waals surface area contributed by atoms with Crippen LogP contribution in [0.3, 0.4) is 0 Å². The Bertz CT molecular complexity index is 1260. The summed E-state index contributed by atoms with van der Waals surface area (Å²) in [5.74, 6) is 0. The molecule has 1 saturated heterocycles. The molecule has 1 fully saturated rings. The normalized spacial score (nSPS) is 22.8. The molecule has 3 aliphatic rings. The van der Waals surface area contributed by atoms with Gasteiger partial charge < -0.3 is 9.26 Å². The molecule has 0 saturated carbocycles. The third-order valence-corrected chi connectivity index (χ3v) is 7.97. The van der Waals surface area contributed by atoms with Crippen molar-refractivity contribution in [2.24, 2.45) is 0 Å². The lowest BCUT2D eigenvalue weighted by Gasteiger charge is -2.42. The number of ether oxygens (including phenoxy) is 1. The number of nitrogens with zero attached hydrogens (tertiary/aromatic N) is 4. The van der Waals surface area contributed by atoms with Gasteiger partial charge in [0.05, 0.1) is 23.8 Å². The summed E-state index contributed by atoms with van der Waals surface area (Å²) in [7, 11) is -3.90. The third kappa shape index (κ3) is 3.43. The molecular formula is C19H16Cl2N4O5S. The first-order valence-corrected chi connectivity index (χ1v) is 11.7. The van der Waals surface area contributed by atoms with Gasteiger partial charge in [-0.3, -0.25) is 4.90 Å². The van der Waals surface area contributed by atoms with Crippen molar-refractivity contribution >= 4 is 50.3 Å². The summed E-state index contributed by atoms with van der Waals surface area (Å²) in [4.78, 5) is 18.2. The molecule has 1 aliphatic carbocycles. The average molecular weight is 483 g/mol. The highest BCUT2D eigenvalue weighted by molar-refractivity contribution is 7.89. The van der Waals surface area contributed by atoms with Gasteiger partial charge in [0.1, 0.15) is 11.3 Å². The SMILES string of the molecule is O=C1OC=C2C=C(Cl)C=CC2N1C1CCN(S(=O)(=O)c2ncc(Cl)c3oncc23)CC1. The number of fused-ring (bicyclic) bond motifs is 2. The first kappa shape index (κ1) is 20.5. The van der Waals surface area contributed by atoms with Crippen LogP contribution in [-0.4, -0.2) is 59.0 Å². The van der Waals surface area contributed by atoms with E-state index >= 15 is 0 Å². The summed E-state index contributed by atoms with van der Waals surface area (Å²) in [5, 5.41) is 4.47. The predicted molar refractivity (Wildman–Crippen MR) is 112 cm³/mol. The number of amides is 1. The zero-order valence-electron chi connectivity index (χ0n) is 15.9. The molecule has 31 heavy (non-hydrogen) atoms. The van der Waals surface area contributed by atoms with Crippen LogP contribution < -0.4 is 0 Å². The molecule has 162 valence electrons. The Morgan fingerprint density at radius 3 is 2.71 bits per heavy atom. The fourth-order valence-corrected chi connectivity index (χ4v) is 6.04. The summed E-state index contributed by atoms with van der Waals surface area (Å²) >= 11 is 12.1. The van der Waals surface area contributed by atoms with Crippen molar-refractivity contribution in [1.82, 2.24) is 19.3 Å². The zero-order valence-corrected chi connectivity index (χ0v) is 18.3. The van der Waals surface area contributed by atoms with Gasteiger partial charge in [0.25, 0.3) is 10.0 Å². The topological polar surface area (TPSA) is 106 Å². The predicted octanol–water partition coefficient (Wildman–Crippen LogP) is 3.43. The van der Waals surface area contributed by atoms with E-state index in [0.29, 0.717) is 17.9 Å². The van der Waals surface area contributed by atoms with E-state index in [1.807, 2.05) is 6.08 Å². The van der Waals surface area contributed by atoms with Gasteiger partial charge in [-0.15, -0.1) is 0 Å². The largest absolute Gasteiger partial charge is 0.418 e. The Hall–Kier alpha value is -2.40. The first-order chi connectivity index (χ1) is 14.9. The second-order valence-corrected chi connectivity index (χ2v) is 10.1. The number of piperidine rings is 1. The van der Waals surface area contributed by atoms with Crippen LogP contribution in [0.2, 0.25) is 5.02 Å². The van der Waals surface area contributed by atoms with E-state index in [9.17, 15) is 13.2 Å². The molecule has 1 atom stereocenters. The lowest BCUT2D eigenvalue weighted by molar-refractivity contribution is 0.0808. The standard InChI is InChI=1S/C19H16Cl2N4O5S/c20-12-1-2-16-11(7-12)10-29-19(26)25(16)13-3-5-24(6-4-13)31(27,28)18-14-8-23-30-17(14)15(21)9-22-18/h1-2,7-10,13,16H,3-6H2. The van der Waals surface area contributed by atoms with Crippen LogP contribution in [0, 0.1) is 0 Å². The number of pyridine rings is 1. The summed E-state index contributed by atoms with van der Waals surface area (Å²) in [6.45, 7) is 0.444. The summed E-state index contributed by atoms with van der Waals surface area (Å²) in [5.41, 5.74) is 0.957. The molecule has 9 nitrogen and oxygen atoms in total. The molecule has 4 heterocycles. The van der Waals surface area contributed by atoms with E-state index < -0.39 is 16.1 Å². The Labute approximate surface area is 187 Å². The van der Waals surface area contributed by atoms with E-state index in [4.69, 9.17) is 32.5 Å². The fraction of sp³-hybridized carbons (Fsp3) is 0.316. The smallest absolute Gasteiger partial charge is 0.415 e. The molecule has 1 amide bonds. The van der Waals surface area contributed by atoms with Crippen molar-refractivity contribution in [3.63, 3.8) is 0 Å². The van der Waals surface area contributed by atoms with Crippen LogP contribution in [0.4, 0.5) is 4.79 Å². The van der Waals surface area contributed by atoms with E-state index in [1.165, 1.54) is 23.0 Å². The van der Waals surface area contributed by atoms with Gasteiger partial charge in [0, 0.05) is 29.7 Å². The summed E-state index contributed by atoms with van der Waals surface area (Å²) in [6, 6.07) is -0.470. The van der Waals surface area contributed by atoms with Crippen molar-refractivity contribution in [2.75, 3.05) is 13.1 Å². The second-order valence-electron chi connectivity index (χ2n) is 7.36. The van der Waals surface area contributed by atoms with Crippen molar-refractivity contribution in [2.45, 2.75) is 30.0 Å². The highest BCUT2D eigenvalue weighted by Crippen LogP contribution is 2.34. The molecule has 0 spiro atoms. The van der Waals surface area contributed by atoms with Crippen molar-refractivity contribution < 1.29 is 22.5 Å². The fourth-order valence-electron chi connectivity index (χ4n) is 4.11. The maximum atomic E-state index is 13.2. The van der Waals surface area contributed by atoms with Crippen molar-refractivity contribution in [1.29, 1.82) is 0 Å². The number of carbonyl (C=O) groups excluding carboxylic acids is 1. The van der Waals surface area contributed by atoms with Gasteiger partial charge in [0.15, 0.2) is 10.6 Å². The summed E-state index contributed by atoms with van der Waals surface area (Å²) in [6.07, 6.45) is 9.71. The minimum atomic E-state index is -3.90. The summed E-state index contributed by atoms with van der Waals surface area (Å²) < 4.78 is 38.0. The molecule has 2 aromatic heterocycles. The zero-order chi connectivity index (χ0) is 21.8. The van der Waals surface area contributed by atoms with E-state index in [1.54, 1.807) is 17.1 Å². The van der Waals surface area contributed by atoms with E-state index in [-0.39, 0.29) is 46.2 Å². The number of rotatable bonds is 3. The lowest BCUT2D eigenvalue weighted by Crippen LogP contribution is -2.54. The molecule has 0 bridgehead atoms. The Morgan fingerprint density at radius 2 is 1.94 bits per heavy atom. The van der Waals surface area contributed by atoms with Crippen molar-refractivity contribution in [3.8, 4) is 0 Å². The quantitative estimate of drug-likeness (QED) is 0.659. The third-order valence-electron chi connectivity index (χ3n) is 5.60. The average Bonchev–Trinajstić information content (AvgIpc) is 3.25. The highest BCUT2D eigenvalue weighted by Gasteiger charge is 2.40. The van der Waals surface area contributed by atoms with Crippen LogP contribution in [0.5, 0.6) is 0 Å². The molecule has 0 aromatic carbocycles. The van der Waals surface area contributed by atoms with Gasteiger partial charge in [0.2, 0.25) is 0 Å².